The lowest BCUT2D eigenvalue weighted by molar-refractivity contribution is -0.131. The highest BCUT2D eigenvalue weighted by atomic mass is 16.2. The van der Waals surface area contributed by atoms with Crippen molar-refractivity contribution in [2.75, 3.05) is 13.1 Å². The van der Waals surface area contributed by atoms with Gasteiger partial charge in [0.25, 0.3) is 0 Å². The molecule has 0 radical (unpaired) electrons. The zero-order valence-corrected chi connectivity index (χ0v) is 13.8. The fourth-order valence-electron chi connectivity index (χ4n) is 3.07. The molecule has 5 nitrogen and oxygen atoms in total. The van der Waals surface area contributed by atoms with Gasteiger partial charge in [-0.3, -0.25) is 4.79 Å². The van der Waals surface area contributed by atoms with Gasteiger partial charge in [0.2, 0.25) is 5.91 Å². The number of nitrogens with zero attached hydrogens (tertiary/aromatic N) is 2. The van der Waals surface area contributed by atoms with Crippen LogP contribution in [0, 0.1) is 12.3 Å². The molecule has 1 aliphatic heterocycles. The second-order valence-electron chi connectivity index (χ2n) is 6.55. The predicted molar refractivity (Wildman–Crippen MR) is 90.4 cm³/mol. The minimum absolute atomic E-state index is 0.121. The zero-order valence-electron chi connectivity index (χ0n) is 13.8. The SMILES string of the molecule is Cc1ccn(-c2ccccc2CNC(=O)[C@@]2(C)CCCNC2)n1. The minimum Gasteiger partial charge on any atom is -0.351 e. The largest absolute Gasteiger partial charge is 0.351 e. The summed E-state index contributed by atoms with van der Waals surface area (Å²) in [6, 6.07) is 10.0. The minimum atomic E-state index is -0.310. The number of hydrogen-bond acceptors (Lipinski definition) is 3. The molecular weight excluding hydrogens is 288 g/mol. The van der Waals surface area contributed by atoms with Crippen LogP contribution in [-0.4, -0.2) is 28.8 Å². The smallest absolute Gasteiger partial charge is 0.227 e. The van der Waals surface area contributed by atoms with Crippen LogP contribution in [0.1, 0.15) is 31.0 Å². The first-order chi connectivity index (χ1) is 11.1. The number of carbonyl (C=O) groups excluding carboxylic acids is 1. The molecule has 122 valence electrons. The normalized spacial score (nSPS) is 21.1. The van der Waals surface area contributed by atoms with Crippen molar-refractivity contribution in [3.8, 4) is 5.69 Å². The van der Waals surface area contributed by atoms with E-state index in [1.807, 2.05) is 55.1 Å². The molecule has 1 fully saturated rings. The van der Waals surface area contributed by atoms with Gasteiger partial charge in [-0.25, -0.2) is 4.68 Å². The monoisotopic (exact) mass is 312 g/mol. The highest BCUT2D eigenvalue weighted by Crippen LogP contribution is 2.25. The van der Waals surface area contributed by atoms with Crippen molar-refractivity contribution in [3.05, 3.63) is 47.8 Å². The Labute approximate surface area is 137 Å². The number of aromatic nitrogens is 2. The summed E-state index contributed by atoms with van der Waals surface area (Å²) in [5.41, 5.74) is 2.74. The van der Waals surface area contributed by atoms with Crippen molar-refractivity contribution < 1.29 is 4.79 Å². The third-order valence-electron chi connectivity index (χ3n) is 4.55. The van der Waals surface area contributed by atoms with Crippen LogP contribution in [0.2, 0.25) is 0 Å². The summed E-state index contributed by atoms with van der Waals surface area (Å²) in [5.74, 6) is 0.121. The molecule has 1 atom stereocenters. The van der Waals surface area contributed by atoms with Gasteiger partial charge < -0.3 is 10.6 Å². The summed E-state index contributed by atoms with van der Waals surface area (Å²) in [4.78, 5) is 12.6. The number of amides is 1. The standard InChI is InChI=1S/C18H24N4O/c1-14-8-11-22(21-14)16-7-4-3-6-15(16)12-20-17(23)18(2)9-5-10-19-13-18/h3-4,6-8,11,19H,5,9-10,12-13H2,1-2H3,(H,20,23)/t18-/m0/s1. The van der Waals surface area contributed by atoms with Gasteiger partial charge in [0.1, 0.15) is 0 Å². The first-order valence-corrected chi connectivity index (χ1v) is 8.18. The van der Waals surface area contributed by atoms with Crippen LogP contribution in [0.5, 0.6) is 0 Å². The first-order valence-electron chi connectivity index (χ1n) is 8.18. The van der Waals surface area contributed by atoms with Gasteiger partial charge in [-0.2, -0.15) is 5.10 Å². The molecule has 2 heterocycles. The van der Waals surface area contributed by atoms with Crippen molar-refractivity contribution in [1.29, 1.82) is 0 Å². The average molecular weight is 312 g/mol. The summed E-state index contributed by atoms with van der Waals surface area (Å²) < 4.78 is 1.86. The number of piperidine rings is 1. The van der Waals surface area contributed by atoms with Crippen LogP contribution in [-0.2, 0) is 11.3 Å². The van der Waals surface area contributed by atoms with E-state index in [0.29, 0.717) is 6.54 Å². The van der Waals surface area contributed by atoms with Gasteiger partial charge in [0.05, 0.1) is 16.8 Å². The number of hydrogen-bond donors (Lipinski definition) is 2. The zero-order chi connectivity index (χ0) is 16.3. The Morgan fingerprint density at radius 1 is 1.39 bits per heavy atom. The van der Waals surface area contributed by atoms with Gasteiger partial charge in [-0.15, -0.1) is 0 Å². The maximum absolute atomic E-state index is 12.6. The number of benzene rings is 1. The van der Waals surface area contributed by atoms with Crippen LogP contribution in [0.4, 0.5) is 0 Å². The lowest BCUT2D eigenvalue weighted by Gasteiger charge is -2.32. The van der Waals surface area contributed by atoms with Gasteiger partial charge >= 0.3 is 0 Å². The molecule has 1 saturated heterocycles. The molecular formula is C18H24N4O. The average Bonchev–Trinajstić information content (AvgIpc) is 3.00. The van der Waals surface area contributed by atoms with Crippen LogP contribution in [0.15, 0.2) is 36.5 Å². The van der Waals surface area contributed by atoms with E-state index in [4.69, 9.17) is 0 Å². The highest BCUT2D eigenvalue weighted by molar-refractivity contribution is 5.82. The molecule has 1 aromatic carbocycles. The van der Waals surface area contributed by atoms with Crippen LogP contribution in [0.3, 0.4) is 0 Å². The molecule has 0 bridgehead atoms. The number of para-hydroxylation sites is 1. The van der Waals surface area contributed by atoms with Gasteiger partial charge in [-0.05, 0) is 50.9 Å². The molecule has 2 N–H and O–H groups in total. The maximum atomic E-state index is 12.6. The molecule has 0 spiro atoms. The molecule has 3 rings (SSSR count). The molecule has 1 aromatic heterocycles. The van der Waals surface area contributed by atoms with Gasteiger partial charge in [0.15, 0.2) is 0 Å². The number of rotatable bonds is 4. The van der Waals surface area contributed by atoms with E-state index in [9.17, 15) is 4.79 Å². The van der Waals surface area contributed by atoms with Crippen molar-refractivity contribution in [2.24, 2.45) is 5.41 Å². The summed E-state index contributed by atoms with van der Waals surface area (Å²) in [6.07, 6.45) is 3.93. The van der Waals surface area contributed by atoms with E-state index in [-0.39, 0.29) is 11.3 Å². The Balaban J connectivity index is 1.72. The molecule has 0 unspecified atom stereocenters. The van der Waals surface area contributed by atoms with Crippen molar-refractivity contribution in [2.45, 2.75) is 33.2 Å². The van der Waals surface area contributed by atoms with Crippen molar-refractivity contribution >= 4 is 5.91 Å². The van der Waals surface area contributed by atoms with E-state index >= 15 is 0 Å². The molecule has 23 heavy (non-hydrogen) atoms. The van der Waals surface area contributed by atoms with E-state index < -0.39 is 0 Å². The molecule has 1 amide bonds. The highest BCUT2D eigenvalue weighted by Gasteiger charge is 2.34. The molecule has 0 aliphatic carbocycles. The second kappa shape index (κ2) is 6.54. The van der Waals surface area contributed by atoms with Crippen LogP contribution in [0.25, 0.3) is 5.69 Å². The van der Waals surface area contributed by atoms with Gasteiger partial charge in [-0.1, -0.05) is 18.2 Å². The Hall–Kier alpha value is -2.14. The fourth-order valence-corrected chi connectivity index (χ4v) is 3.07. The molecule has 5 heteroatoms. The van der Waals surface area contributed by atoms with E-state index in [1.54, 1.807) is 0 Å². The van der Waals surface area contributed by atoms with E-state index in [1.165, 1.54) is 0 Å². The number of carbonyl (C=O) groups is 1. The maximum Gasteiger partial charge on any atom is 0.227 e. The molecule has 1 aliphatic rings. The Morgan fingerprint density at radius 2 is 2.22 bits per heavy atom. The molecule has 2 aromatic rings. The van der Waals surface area contributed by atoms with Crippen molar-refractivity contribution in [3.63, 3.8) is 0 Å². The molecule has 0 saturated carbocycles. The second-order valence-corrected chi connectivity index (χ2v) is 6.55. The predicted octanol–water partition coefficient (Wildman–Crippen LogP) is 2.19. The first kappa shape index (κ1) is 15.7. The quantitative estimate of drug-likeness (QED) is 0.910. The van der Waals surface area contributed by atoms with E-state index in [0.717, 1.165) is 42.9 Å². The van der Waals surface area contributed by atoms with Gasteiger partial charge in [0, 0.05) is 19.3 Å². The summed E-state index contributed by atoms with van der Waals surface area (Å²) in [5, 5.41) is 10.9. The lowest BCUT2D eigenvalue weighted by Crippen LogP contribution is -2.48. The lowest BCUT2D eigenvalue weighted by atomic mass is 9.82. The van der Waals surface area contributed by atoms with Crippen LogP contribution >= 0.6 is 0 Å². The summed E-state index contributed by atoms with van der Waals surface area (Å²) >= 11 is 0. The Morgan fingerprint density at radius 3 is 2.91 bits per heavy atom. The van der Waals surface area contributed by atoms with Crippen LogP contribution < -0.4 is 10.6 Å². The van der Waals surface area contributed by atoms with E-state index in [2.05, 4.69) is 15.7 Å². The topological polar surface area (TPSA) is 59.0 Å². The number of nitrogens with one attached hydrogen (secondary N) is 2. The number of aryl methyl sites for hydroxylation is 1. The Kier molecular flexibility index (Phi) is 4.48. The summed E-state index contributed by atoms with van der Waals surface area (Å²) in [7, 11) is 0. The van der Waals surface area contributed by atoms with Crippen molar-refractivity contribution in [1.82, 2.24) is 20.4 Å². The third kappa shape index (κ3) is 3.45. The fraction of sp³-hybridized carbons (Fsp3) is 0.444. The Bertz CT molecular complexity index is 686. The third-order valence-corrected chi connectivity index (χ3v) is 4.55. The summed E-state index contributed by atoms with van der Waals surface area (Å²) in [6.45, 7) is 6.28.